The van der Waals surface area contributed by atoms with Crippen LogP contribution in [0.5, 0.6) is 0 Å². The third-order valence-electron chi connectivity index (χ3n) is 1.92. The molecule has 1 aromatic heterocycles. The van der Waals surface area contributed by atoms with Crippen LogP contribution in [0.25, 0.3) is 11.1 Å². The monoisotopic (exact) mass is 223 g/mol. The maximum Gasteiger partial charge on any atom is 0.358 e. The van der Waals surface area contributed by atoms with E-state index in [0.29, 0.717) is 11.1 Å². The molecule has 15 heavy (non-hydrogen) atoms. The summed E-state index contributed by atoms with van der Waals surface area (Å²) in [7, 11) is 0. The number of rotatable bonds is 2. The lowest BCUT2D eigenvalue weighted by Crippen LogP contribution is -1.98. The van der Waals surface area contributed by atoms with E-state index >= 15 is 0 Å². The molecule has 0 aliphatic rings. The van der Waals surface area contributed by atoms with Crippen molar-refractivity contribution in [1.29, 1.82) is 0 Å². The van der Waals surface area contributed by atoms with Gasteiger partial charge in [0.2, 0.25) is 10.9 Å². The van der Waals surface area contributed by atoms with Gasteiger partial charge in [-0.15, -0.1) is 0 Å². The zero-order valence-corrected chi connectivity index (χ0v) is 8.23. The molecule has 0 bridgehead atoms. The molecule has 2 aromatic rings. The van der Waals surface area contributed by atoms with Gasteiger partial charge in [-0.25, -0.2) is 4.79 Å². The summed E-state index contributed by atoms with van der Waals surface area (Å²) < 4.78 is 4.65. The van der Waals surface area contributed by atoms with Crippen LogP contribution in [0.15, 0.2) is 34.9 Å². The number of carboxylic acid groups (broad SMARTS) is 1. The Bertz CT molecular complexity index is 493. The second-order valence-corrected chi connectivity index (χ2v) is 3.19. The topological polar surface area (TPSA) is 63.3 Å². The fourth-order valence-corrected chi connectivity index (χ4v) is 1.50. The van der Waals surface area contributed by atoms with Crippen molar-refractivity contribution in [2.45, 2.75) is 0 Å². The summed E-state index contributed by atoms with van der Waals surface area (Å²) in [5, 5.41) is 12.2. The predicted molar refractivity (Wildman–Crippen MR) is 53.9 cm³/mol. The zero-order chi connectivity index (χ0) is 10.8. The molecular formula is C10H6ClNO3. The minimum Gasteiger partial charge on any atom is -0.476 e. The number of aromatic carboxylic acids is 1. The van der Waals surface area contributed by atoms with E-state index in [0.717, 1.165) is 0 Å². The average Bonchev–Trinajstić information content (AvgIpc) is 2.61. The van der Waals surface area contributed by atoms with Gasteiger partial charge >= 0.3 is 5.97 Å². The molecule has 0 saturated carbocycles. The Hall–Kier alpha value is -1.81. The molecule has 0 aliphatic carbocycles. The summed E-state index contributed by atoms with van der Waals surface area (Å²) in [6, 6.07) is 8.87. The fourth-order valence-electron chi connectivity index (χ4n) is 1.27. The highest BCUT2D eigenvalue weighted by atomic mass is 35.5. The average molecular weight is 224 g/mol. The normalized spacial score (nSPS) is 10.2. The Balaban J connectivity index is 2.62. The lowest BCUT2D eigenvalue weighted by atomic mass is 10.1. The molecule has 2 rings (SSSR count). The van der Waals surface area contributed by atoms with Crippen LogP contribution in [0, 0.1) is 0 Å². The third-order valence-corrected chi connectivity index (χ3v) is 2.17. The smallest absolute Gasteiger partial charge is 0.358 e. The van der Waals surface area contributed by atoms with E-state index in [4.69, 9.17) is 16.7 Å². The molecular weight excluding hydrogens is 218 g/mol. The Morgan fingerprint density at radius 3 is 2.60 bits per heavy atom. The van der Waals surface area contributed by atoms with Crippen molar-refractivity contribution >= 4 is 17.6 Å². The molecule has 0 amide bonds. The van der Waals surface area contributed by atoms with Gasteiger partial charge in [0, 0.05) is 0 Å². The number of halogens is 1. The standard InChI is InChI=1S/C10H6ClNO3/c11-9-7(6-4-2-1-3-5-6)8(10(13)14)12-15-9/h1-5H,(H,13,14). The maximum absolute atomic E-state index is 10.8. The molecule has 0 fully saturated rings. The first-order valence-electron chi connectivity index (χ1n) is 4.14. The minimum absolute atomic E-state index is 0.0152. The molecule has 0 unspecified atom stereocenters. The molecule has 1 N–H and O–H groups in total. The van der Waals surface area contributed by atoms with Gasteiger partial charge in [0.15, 0.2) is 0 Å². The van der Waals surface area contributed by atoms with Crippen molar-refractivity contribution in [3.05, 3.63) is 41.2 Å². The highest BCUT2D eigenvalue weighted by Crippen LogP contribution is 2.30. The first-order chi connectivity index (χ1) is 7.20. The molecule has 1 aromatic carbocycles. The van der Waals surface area contributed by atoms with Crippen molar-refractivity contribution in [2.24, 2.45) is 0 Å². The van der Waals surface area contributed by atoms with Gasteiger partial charge < -0.3 is 9.63 Å². The van der Waals surface area contributed by atoms with Crippen LogP contribution in [0.4, 0.5) is 0 Å². The van der Waals surface area contributed by atoms with Crippen LogP contribution in [-0.2, 0) is 0 Å². The van der Waals surface area contributed by atoms with Crippen molar-refractivity contribution in [2.75, 3.05) is 0 Å². The molecule has 1 heterocycles. The zero-order valence-electron chi connectivity index (χ0n) is 7.48. The maximum atomic E-state index is 10.8. The van der Waals surface area contributed by atoms with Gasteiger partial charge in [-0.1, -0.05) is 35.5 Å². The number of carbonyl (C=O) groups is 1. The van der Waals surface area contributed by atoms with Crippen molar-refractivity contribution < 1.29 is 14.4 Å². The quantitative estimate of drug-likeness (QED) is 0.850. The lowest BCUT2D eigenvalue weighted by Gasteiger charge is -1.97. The molecule has 0 atom stereocenters. The summed E-state index contributed by atoms with van der Waals surface area (Å²) in [4.78, 5) is 10.8. The van der Waals surface area contributed by atoms with Crippen molar-refractivity contribution in [3.8, 4) is 11.1 Å². The van der Waals surface area contributed by atoms with Crippen LogP contribution in [0.2, 0.25) is 5.22 Å². The Morgan fingerprint density at radius 1 is 1.33 bits per heavy atom. The van der Waals surface area contributed by atoms with E-state index in [-0.39, 0.29) is 10.9 Å². The number of aromatic nitrogens is 1. The third kappa shape index (κ3) is 1.71. The number of benzene rings is 1. The van der Waals surface area contributed by atoms with Gasteiger partial charge in [-0.3, -0.25) is 0 Å². The van der Waals surface area contributed by atoms with Gasteiger partial charge in [0.05, 0.1) is 5.56 Å². The molecule has 0 aliphatic heterocycles. The molecule has 5 heteroatoms. The van der Waals surface area contributed by atoms with E-state index in [2.05, 4.69) is 9.68 Å². The van der Waals surface area contributed by atoms with Gasteiger partial charge in [-0.2, -0.15) is 0 Å². The SMILES string of the molecule is O=C(O)c1noc(Cl)c1-c1ccccc1. The van der Waals surface area contributed by atoms with Crippen LogP contribution in [0.1, 0.15) is 10.5 Å². The van der Waals surface area contributed by atoms with E-state index in [9.17, 15) is 4.79 Å². The number of hydrogen-bond donors (Lipinski definition) is 1. The molecule has 4 nitrogen and oxygen atoms in total. The van der Waals surface area contributed by atoms with Gasteiger partial charge in [0.25, 0.3) is 0 Å². The second kappa shape index (κ2) is 3.74. The van der Waals surface area contributed by atoms with Crippen LogP contribution >= 0.6 is 11.6 Å². The minimum atomic E-state index is -1.16. The van der Waals surface area contributed by atoms with E-state index < -0.39 is 5.97 Å². The van der Waals surface area contributed by atoms with Crippen LogP contribution < -0.4 is 0 Å². The van der Waals surface area contributed by atoms with E-state index in [1.54, 1.807) is 24.3 Å². The first kappa shape index (κ1) is 9.73. The van der Waals surface area contributed by atoms with Crippen LogP contribution in [-0.4, -0.2) is 16.2 Å². The number of nitrogens with zero attached hydrogens (tertiary/aromatic N) is 1. The van der Waals surface area contributed by atoms with Gasteiger partial charge in [-0.05, 0) is 17.2 Å². The first-order valence-corrected chi connectivity index (χ1v) is 4.52. The second-order valence-electron chi connectivity index (χ2n) is 2.85. The summed E-state index contributed by atoms with van der Waals surface area (Å²) in [6.07, 6.45) is 0. The van der Waals surface area contributed by atoms with E-state index in [1.807, 2.05) is 6.07 Å². The summed E-state index contributed by atoms with van der Waals surface area (Å²) in [6.45, 7) is 0. The molecule has 76 valence electrons. The number of hydrogen-bond acceptors (Lipinski definition) is 3. The highest BCUT2D eigenvalue weighted by Gasteiger charge is 2.21. The molecule has 0 spiro atoms. The molecule has 0 saturated heterocycles. The molecule has 0 radical (unpaired) electrons. The predicted octanol–water partition coefficient (Wildman–Crippen LogP) is 2.69. The summed E-state index contributed by atoms with van der Waals surface area (Å²) in [5.41, 5.74) is 0.803. The Kier molecular flexibility index (Phi) is 2.43. The Morgan fingerprint density at radius 2 is 2.00 bits per heavy atom. The van der Waals surface area contributed by atoms with Gasteiger partial charge in [0.1, 0.15) is 0 Å². The fraction of sp³-hybridized carbons (Fsp3) is 0. The van der Waals surface area contributed by atoms with Crippen molar-refractivity contribution in [1.82, 2.24) is 5.16 Å². The summed E-state index contributed by atoms with van der Waals surface area (Å²) >= 11 is 5.73. The number of carboxylic acids is 1. The van der Waals surface area contributed by atoms with Crippen molar-refractivity contribution in [3.63, 3.8) is 0 Å². The Labute approximate surface area is 90.1 Å². The summed E-state index contributed by atoms with van der Waals surface area (Å²) in [5.74, 6) is -1.16. The van der Waals surface area contributed by atoms with E-state index in [1.165, 1.54) is 0 Å². The largest absolute Gasteiger partial charge is 0.476 e. The lowest BCUT2D eigenvalue weighted by molar-refractivity contribution is 0.0686. The highest BCUT2D eigenvalue weighted by molar-refractivity contribution is 6.32. The van der Waals surface area contributed by atoms with Crippen LogP contribution in [0.3, 0.4) is 0 Å².